The summed E-state index contributed by atoms with van der Waals surface area (Å²) in [5.74, 6) is 0.357. The molecular weight excluding hydrogens is 195 g/mol. The molecule has 0 aromatic carbocycles. The normalized spacial score (nSPS) is 14.3. The molecule has 0 amide bonds. The molecule has 0 saturated carbocycles. The van der Waals surface area contributed by atoms with Crippen LogP contribution in [0.3, 0.4) is 0 Å². The fourth-order valence-electron chi connectivity index (χ4n) is 0.618. The lowest BCUT2D eigenvalue weighted by atomic mass is 10.2. The Bertz CT molecular complexity index is 205. The average molecular weight is 207 g/mol. The minimum absolute atomic E-state index is 0.0837. The molecule has 0 aromatic heterocycles. The molecule has 0 aliphatic heterocycles. The van der Waals surface area contributed by atoms with Gasteiger partial charge in [0.2, 0.25) is 0 Å². The third-order valence-corrected chi connectivity index (χ3v) is 1.76. The van der Waals surface area contributed by atoms with Crippen molar-refractivity contribution in [2.75, 3.05) is 12.5 Å². The number of aliphatic hydroxyl groups is 1. The van der Waals surface area contributed by atoms with E-state index in [0.717, 1.165) is 0 Å². The Morgan fingerprint density at radius 3 is 2.58 bits per heavy atom. The van der Waals surface area contributed by atoms with E-state index in [1.807, 2.05) is 13.0 Å². The van der Waals surface area contributed by atoms with Gasteiger partial charge in [0.15, 0.2) is 0 Å². The van der Waals surface area contributed by atoms with Gasteiger partial charge in [0.1, 0.15) is 0 Å². The summed E-state index contributed by atoms with van der Waals surface area (Å²) in [6, 6.07) is 0. The summed E-state index contributed by atoms with van der Waals surface area (Å²) in [6.45, 7) is 1.81. The lowest BCUT2D eigenvalue weighted by molar-refractivity contribution is 0.334. The molecule has 0 heterocycles. The Labute approximate surface area is 83.0 Å². The first-order valence-corrected chi connectivity index (χ1v) is 4.52. The van der Waals surface area contributed by atoms with Crippen LogP contribution in [0.4, 0.5) is 0 Å². The molecule has 0 rings (SSSR count). The van der Waals surface area contributed by atoms with Crippen LogP contribution in [0, 0.1) is 0 Å². The molecule has 0 bridgehead atoms. The average Bonchev–Trinajstić information content (AvgIpc) is 2.10. The van der Waals surface area contributed by atoms with Gasteiger partial charge in [-0.3, -0.25) is 0 Å². The van der Waals surface area contributed by atoms with E-state index in [0.29, 0.717) is 16.5 Å². The number of hydrogen-bond acceptors (Lipinski definition) is 1. The number of rotatable bonds is 4. The summed E-state index contributed by atoms with van der Waals surface area (Å²) >= 11 is 11.3. The number of alkyl halides is 1. The maximum Gasteiger partial charge on any atom is 0.0693 e. The summed E-state index contributed by atoms with van der Waals surface area (Å²) in [7, 11) is 0. The van der Waals surface area contributed by atoms with Gasteiger partial charge in [0.25, 0.3) is 0 Å². The molecule has 0 radical (unpaired) electrons. The second-order valence-corrected chi connectivity index (χ2v) is 2.80. The SMILES string of the molecule is C/C=C/C=C(Cl)\C(=C/CCl)CO. The van der Waals surface area contributed by atoms with Crippen LogP contribution >= 0.6 is 23.2 Å². The van der Waals surface area contributed by atoms with Gasteiger partial charge in [-0.15, -0.1) is 11.6 Å². The lowest BCUT2D eigenvalue weighted by Gasteiger charge is -1.99. The molecule has 0 fully saturated rings. The second kappa shape index (κ2) is 7.41. The molecular formula is C9H12Cl2O. The van der Waals surface area contributed by atoms with Crippen LogP contribution in [0.2, 0.25) is 0 Å². The molecule has 0 spiro atoms. The topological polar surface area (TPSA) is 20.2 Å². The largest absolute Gasteiger partial charge is 0.392 e. The summed E-state index contributed by atoms with van der Waals surface area (Å²) in [4.78, 5) is 0. The van der Waals surface area contributed by atoms with Crippen LogP contribution in [-0.2, 0) is 0 Å². The van der Waals surface area contributed by atoms with Crippen LogP contribution < -0.4 is 0 Å². The van der Waals surface area contributed by atoms with Gasteiger partial charge in [-0.2, -0.15) is 0 Å². The highest BCUT2D eigenvalue weighted by Crippen LogP contribution is 2.14. The molecule has 0 atom stereocenters. The van der Waals surface area contributed by atoms with Crippen LogP contribution in [-0.4, -0.2) is 17.6 Å². The number of aliphatic hydroxyl groups excluding tert-OH is 1. The minimum atomic E-state index is -0.0837. The lowest BCUT2D eigenvalue weighted by Crippen LogP contribution is -1.90. The zero-order valence-electron chi connectivity index (χ0n) is 6.93. The van der Waals surface area contributed by atoms with Gasteiger partial charge in [-0.1, -0.05) is 29.8 Å². The van der Waals surface area contributed by atoms with Crippen molar-refractivity contribution in [3.8, 4) is 0 Å². The molecule has 12 heavy (non-hydrogen) atoms. The third-order valence-electron chi connectivity index (χ3n) is 1.24. The summed E-state index contributed by atoms with van der Waals surface area (Å²) in [5.41, 5.74) is 0.657. The highest BCUT2D eigenvalue weighted by Gasteiger charge is 1.97. The first kappa shape index (κ1) is 11.8. The molecule has 1 nitrogen and oxygen atoms in total. The van der Waals surface area contributed by atoms with E-state index in [1.165, 1.54) is 0 Å². The third kappa shape index (κ3) is 4.60. The molecule has 1 N–H and O–H groups in total. The van der Waals surface area contributed by atoms with Crippen LogP contribution in [0.15, 0.2) is 34.9 Å². The van der Waals surface area contributed by atoms with Crippen molar-refractivity contribution in [3.05, 3.63) is 34.9 Å². The molecule has 68 valence electrons. The quantitative estimate of drug-likeness (QED) is 0.555. The highest BCUT2D eigenvalue weighted by molar-refractivity contribution is 6.32. The summed E-state index contributed by atoms with van der Waals surface area (Å²) in [6.07, 6.45) is 7.07. The van der Waals surface area contributed by atoms with Gasteiger partial charge >= 0.3 is 0 Å². The van der Waals surface area contributed by atoms with E-state index in [2.05, 4.69) is 0 Å². The highest BCUT2D eigenvalue weighted by atomic mass is 35.5. The summed E-state index contributed by atoms with van der Waals surface area (Å²) in [5, 5.41) is 9.37. The van der Waals surface area contributed by atoms with E-state index < -0.39 is 0 Å². The Hall–Kier alpha value is -0.240. The van der Waals surface area contributed by atoms with Crippen molar-refractivity contribution in [2.45, 2.75) is 6.92 Å². The Kier molecular flexibility index (Phi) is 7.26. The van der Waals surface area contributed by atoms with Gasteiger partial charge in [0, 0.05) is 10.9 Å². The smallest absolute Gasteiger partial charge is 0.0693 e. The predicted octanol–water partition coefficient (Wildman–Crippen LogP) is 2.84. The van der Waals surface area contributed by atoms with Crippen LogP contribution in [0.25, 0.3) is 0 Å². The van der Waals surface area contributed by atoms with E-state index in [-0.39, 0.29) is 6.61 Å². The summed E-state index contributed by atoms with van der Waals surface area (Å²) < 4.78 is 0. The zero-order valence-corrected chi connectivity index (χ0v) is 8.44. The second-order valence-electron chi connectivity index (χ2n) is 2.08. The standard InChI is InChI=1S/C9H12Cl2O/c1-2-3-4-9(11)8(7-12)5-6-10/h2-5,12H,6-7H2,1H3/b3-2+,8-5-,9-4+. The van der Waals surface area contributed by atoms with Crippen LogP contribution in [0.5, 0.6) is 0 Å². The molecule has 0 aliphatic carbocycles. The molecule has 0 unspecified atom stereocenters. The van der Waals surface area contributed by atoms with E-state index in [9.17, 15) is 0 Å². The van der Waals surface area contributed by atoms with E-state index in [1.54, 1.807) is 18.2 Å². The minimum Gasteiger partial charge on any atom is -0.392 e. The molecule has 0 saturated heterocycles. The van der Waals surface area contributed by atoms with Gasteiger partial charge in [0.05, 0.1) is 6.61 Å². The maximum absolute atomic E-state index is 8.85. The maximum atomic E-state index is 8.85. The number of allylic oxidation sites excluding steroid dienone is 4. The van der Waals surface area contributed by atoms with Crippen molar-refractivity contribution in [1.82, 2.24) is 0 Å². The van der Waals surface area contributed by atoms with Crippen molar-refractivity contribution in [3.63, 3.8) is 0 Å². The number of halogens is 2. The van der Waals surface area contributed by atoms with Crippen molar-refractivity contribution >= 4 is 23.2 Å². The van der Waals surface area contributed by atoms with Crippen molar-refractivity contribution in [2.24, 2.45) is 0 Å². The number of hydrogen-bond donors (Lipinski definition) is 1. The van der Waals surface area contributed by atoms with Crippen LogP contribution in [0.1, 0.15) is 6.92 Å². The zero-order chi connectivity index (χ0) is 9.40. The van der Waals surface area contributed by atoms with Gasteiger partial charge in [-0.05, 0) is 18.6 Å². The molecule has 0 aliphatic rings. The monoisotopic (exact) mass is 206 g/mol. The Balaban J connectivity index is 4.40. The van der Waals surface area contributed by atoms with E-state index >= 15 is 0 Å². The van der Waals surface area contributed by atoms with Gasteiger partial charge in [-0.25, -0.2) is 0 Å². The van der Waals surface area contributed by atoms with E-state index in [4.69, 9.17) is 28.3 Å². The first-order chi connectivity index (χ1) is 5.76. The fraction of sp³-hybridized carbons (Fsp3) is 0.333. The van der Waals surface area contributed by atoms with Gasteiger partial charge < -0.3 is 5.11 Å². The molecule has 3 heteroatoms. The Morgan fingerprint density at radius 1 is 1.50 bits per heavy atom. The first-order valence-electron chi connectivity index (χ1n) is 3.61. The van der Waals surface area contributed by atoms with Crippen molar-refractivity contribution < 1.29 is 5.11 Å². The van der Waals surface area contributed by atoms with Crippen molar-refractivity contribution in [1.29, 1.82) is 0 Å². The fourth-order valence-corrected chi connectivity index (χ4v) is 1.01. The Morgan fingerprint density at radius 2 is 2.17 bits per heavy atom. The molecule has 0 aromatic rings. The predicted molar refractivity (Wildman–Crippen MR) is 54.6 cm³/mol.